The number of aryl methyl sites for hydroxylation is 4. The van der Waals surface area contributed by atoms with E-state index in [0.717, 1.165) is 11.3 Å². The van der Waals surface area contributed by atoms with E-state index in [9.17, 15) is 0 Å². The molecule has 1 aromatic carbocycles. The lowest BCUT2D eigenvalue weighted by Gasteiger charge is -2.21. The summed E-state index contributed by atoms with van der Waals surface area (Å²) in [7, 11) is 1.72. The Labute approximate surface area is 130 Å². The Morgan fingerprint density at radius 1 is 1.24 bits per heavy atom. The Morgan fingerprint density at radius 3 is 2.71 bits per heavy atom. The van der Waals surface area contributed by atoms with Gasteiger partial charge in [0, 0.05) is 15.3 Å². The van der Waals surface area contributed by atoms with Crippen molar-refractivity contribution >= 4 is 11.3 Å². The Bertz CT molecular complexity index is 642. The molecule has 0 aliphatic heterocycles. The second-order valence-corrected chi connectivity index (χ2v) is 6.92. The second kappa shape index (κ2) is 5.79. The fourth-order valence-electron chi connectivity index (χ4n) is 3.28. The zero-order valence-electron chi connectivity index (χ0n) is 12.8. The first-order valence-corrected chi connectivity index (χ1v) is 8.18. The number of hydrogen-bond donors (Lipinski definition) is 2. The average Bonchev–Trinajstić information content (AvgIpc) is 3.02. The summed E-state index contributed by atoms with van der Waals surface area (Å²) in [6.07, 6.45) is 3.70. The van der Waals surface area contributed by atoms with Crippen LogP contribution in [0.15, 0.2) is 18.2 Å². The molecule has 0 bridgehead atoms. The van der Waals surface area contributed by atoms with Crippen molar-refractivity contribution in [1.82, 2.24) is 5.43 Å². The lowest BCUT2D eigenvalue weighted by molar-refractivity contribution is 0.403. The molecule has 3 rings (SSSR count). The van der Waals surface area contributed by atoms with Crippen molar-refractivity contribution in [1.29, 1.82) is 0 Å². The molecule has 1 aliphatic carbocycles. The summed E-state index contributed by atoms with van der Waals surface area (Å²) in [6, 6.07) is 6.57. The monoisotopic (exact) mass is 302 g/mol. The highest BCUT2D eigenvalue weighted by Crippen LogP contribution is 2.39. The van der Waals surface area contributed by atoms with E-state index in [1.54, 1.807) is 7.11 Å². The van der Waals surface area contributed by atoms with Gasteiger partial charge in [-0.1, -0.05) is 6.07 Å². The Kier molecular flexibility index (Phi) is 4.02. The van der Waals surface area contributed by atoms with Crippen molar-refractivity contribution in [3.05, 3.63) is 50.2 Å². The third-order valence-corrected chi connectivity index (χ3v) is 5.52. The van der Waals surface area contributed by atoms with Crippen LogP contribution in [0, 0.1) is 13.8 Å². The topological polar surface area (TPSA) is 47.3 Å². The number of nitrogens with two attached hydrogens (primary N) is 1. The predicted molar refractivity (Wildman–Crippen MR) is 88.0 cm³/mol. The summed E-state index contributed by atoms with van der Waals surface area (Å²) in [5.41, 5.74) is 8.05. The number of thiophene rings is 1. The zero-order valence-corrected chi connectivity index (χ0v) is 13.6. The first kappa shape index (κ1) is 14.6. The Balaban J connectivity index is 2.07. The highest BCUT2D eigenvalue weighted by Gasteiger charge is 2.24. The van der Waals surface area contributed by atoms with Crippen LogP contribution in [0.25, 0.3) is 0 Å². The average molecular weight is 302 g/mol. The molecule has 3 N–H and O–H groups in total. The summed E-state index contributed by atoms with van der Waals surface area (Å²) >= 11 is 1.88. The molecule has 0 saturated heterocycles. The van der Waals surface area contributed by atoms with E-state index in [1.165, 1.54) is 45.7 Å². The van der Waals surface area contributed by atoms with Gasteiger partial charge in [0.2, 0.25) is 0 Å². The van der Waals surface area contributed by atoms with Crippen LogP contribution in [0.2, 0.25) is 0 Å². The first-order valence-electron chi connectivity index (χ1n) is 7.36. The van der Waals surface area contributed by atoms with Gasteiger partial charge in [-0.05, 0) is 61.9 Å². The molecule has 2 aromatic rings. The Hall–Kier alpha value is -1.36. The van der Waals surface area contributed by atoms with E-state index in [4.69, 9.17) is 10.6 Å². The summed E-state index contributed by atoms with van der Waals surface area (Å²) in [5, 5.41) is 0. The SMILES string of the molecule is COc1cc(C)cc(C)c1C(NN)c1cc2c(s1)CCC2. The van der Waals surface area contributed by atoms with Gasteiger partial charge in [0.05, 0.1) is 13.2 Å². The smallest absolute Gasteiger partial charge is 0.124 e. The highest BCUT2D eigenvalue weighted by atomic mass is 32.1. The molecule has 0 saturated carbocycles. The second-order valence-electron chi connectivity index (χ2n) is 5.75. The summed E-state index contributed by atoms with van der Waals surface area (Å²) in [6.45, 7) is 4.21. The lowest BCUT2D eigenvalue weighted by Crippen LogP contribution is -2.29. The molecule has 1 aliphatic rings. The van der Waals surface area contributed by atoms with Crippen molar-refractivity contribution in [2.45, 2.75) is 39.2 Å². The number of benzene rings is 1. The molecule has 3 nitrogen and oxygen atoms in total. The van der Waals surface area contributed by atoms with Crippen LogP contribution in [0.3, 0.4) is 0 Å². The van der Waals surface area contributed by atoms with E-state index < -0.39 is 0 Å². The van der Waals surface area contributed by atoms with Gasteiger partial charge in [-0.3, -0.25) is 5.84 Å². The van der Waals surface area contributed by atoms with E-state index in [0.29, 0.717) is 0 Å². The lowest BCUT2D eigenvalue weighted by atomic mass is 9.96. The van der Waals surface area contributed by atoms with Crippen LogP contribution in [-0.2, 0) is 12.8 Å². The molecule has 1 unspecified atom stereocenters. The van der Waals surface area contributed by atoms with Crippen molar-refractivity contribution in [2.24, 2.45) is 5.84 Å². The molecule has 21 heavy (non-hydrogen) atoms. The molecule has 1 aromatic heterocycles. The normalized spacial score (nSPS) is 15.0. The summed E-state index contributed by atoms with van der Waals surface area (Å²) in [4.78, 5) is 2.81. The van der Waals surface area contributed by atoms with Gasteiger partial charge in [0.25, 0.3) is 0 Å². The number of hydrogen-bond acceptors (Lipinski definition) is 4. The maximum absolute atomic E-state index is 5.89. The molecule has 0 spiro atoms. The van der Waals surface area contributed by atoms with Crippen molar-refractivity contribution in [3.63, 3.8) is 0 Å². The van der Waals surface area contributed by atoms with Gasteiger partial charge in [-0.15, -0.1) is 11.3 Å². The van der Waals surface area contributed by atoms with Crippen molar-refractivity contribution < 1.29 is 4.74 Å². The minimum absolute atomic E-state index is 0.00356. The van der Waals surface area contributed by atoms with E-state index in [1.807, 2.05) is 11.3 Å². The summed E-state index contributed by atoms with van der Waals surface area (Å²) < 4.78 is 5.60. The van der Waals surface area contributed by atoms with Gasteiger partial charge in [0.15, 0.2) is 0 Å². The fraction of sp³-hybridized carbons (Fsp3) is 0.412. The van der Waals surface area contributed by atoms with Gasteiger partial charge in [-0.25, -0.2) is 5.43 Å². The molecule has 1 atom stereocenters. The first-order chi connectivity index (χ1) is 10.1. The van der Waals surface area contributed by atoms with Crippen molar-refractivity contribution in [2.75, 3.05) is 7.11 Å². The number of hydrazine groups is 1. The Morgan fingerprint density at radius 2 is 2.05 bits per heavy atom. The molecule has 1 heterocycles. The maximum Gasteiger partial charge on any atom is 0.124 e. The van der Waals surface area contributed by atoms with Crippen LogP contribution < -0.4 is 16.0 Å². The number of ether oxygens (including phenoxy) is 1. The number of fused-ring (bicyclic) bond motifs is 1. The van der Waals surface area contributed by atoms with Crippen LogP contribution >= 0.6 is 11.3 Å². The molecule has 0 fully saturated rings. The minimum atomic E-state index is -0.00356. The molecule has 0 radical (unpaired) electrons. The molecule has 4 heteroatoms. The summed E-state index contributed by atoms with van der Waals surface area (Å²) in [5.74, 6) is 6.79. The quantitative estimate of drug-likeness (QED) is 0.672. The van der Waals surface area contributed by atoms with Crippen LogP contribution in [0.5, 0.6) is 5.75 Å². The van der Waals surface area contributed by atoms with Gasteiger partial charge < -0.3 is 4.74 Å². The molecule has 112 valence electrons. The number of methoxy groups -OCH3 is 1. The number of rotatable bonds is 4. The van der Waals surface area contributed by atoms with Crippen LogP contribution in [0.1, 0.15) is 44.5 Å². The van der Waals surface area contributed by atoms with Gasteiger partial charge in [-0.2, -0.15) is 0 Å². The highest BCUT2D eigenvalue weighted by molar-refractivity contribution is 7.12. The number of nitrogens with one attached hydrogen (secondary N) is 1. The van der Waals surface area contributed by atoms with E-state index in [2.05, 4.69) is 37.5 Å². The van der Waals surface area contributed by atoms with Gasteiger partial charge >= 0.3 is 0 Å². The third kappa shape index (κ3) is 2.59. The molecule has 0 amide bonds. The van der Waals surface area contributed by atoms with E-state index >= 15 is 0 Å². The zero-order chi connectivity index (χ0) is 15.0. The van der Waals surface area contributed by atoms with Gasteiger partial charge in [0.1, 0.15) is 5.75 Å². The van der Waals surface area contributed by atoms with E-state index in [-0.39, 0.29) is 6.04 Å². The third-order valence-electron chi connectivity index (χ3n) is 4.22. The van der Waals surface area contributed by atoms with Crippen molar-refractivity contribution in [3.8, 4) is 5.75 Å². The van der Waals surface area contributed by atoms with Crippen LogP contribution in [0.4, 0.5) is 0 Å². The maximum atomic E-state index is 5.89. The van der Waals surface area contributed by atoms with Crippen LogP contribution in [-0.4, -0.2) is 7.11 Å². The standard InChI is InChI=1S/C17H22N2OS/c1-10-7-11(2)16(13(8-10)20-3)17(19-18)15-9-12-5-4-6-14(12)21-15/h7-9,17,19H,4-6,18H2,1-3H3. The fourth-order valence-corrected chi connectivity index (χ4v) is 4.61. The predicted octanol–water partition coefficient (Wildman–Crippen LogP) is 3.41. The minimum Gasteiger partial charge on any atom is -0.496 e. The molecular formula is C17H22N2OS. The largest absolute Gasteiger partial charge is 0.496 e. The molecular weight excluding hydrogens is 280 g/mol.